The number of carbonyl (C=O) groups excluding carboxylic acids is 1. The van der Waals surface area contributed by atoms with E-state index in [1.807, 2.05) is 43.3 Å². The number of hydrogen-bond acceptors (Lipinski definition) is 5. The molecule has 2 aromatic rings. The van der Waals surface area contributed by atoms with Crippen LogP contribution in [0.25, 0.3) is 16.8 Å². The first-order valence-electron chi connectivity index (χ1n) is 7.63. The summed E-state index contributed by atoms with van der Waals surface area (Å²) in [5.74, 6) is -0.824. The van der Waals surface area contributed by atoms with Gasteiger partial charge in [0.1, 0.15) is 16.6 Å². The number of carboxylic acids is 1. The van der Waals surface area contributed by atoms with E-state index in [1.54, 1.807) is 6.08 Å². The first-order valence-corrected chi connectivity index (χ1v) is 8.85. The summed E-state index contributed by atoms with van der Waals surface area (Å²) in [6.07, 6.45) is 1.73. The fourth-order valence-electron chi connectivity index (χ4n) is 2.61. The number of nitrogens with zero attached hydrogens (tertiary/aromatic N) is 1. The number of rotatable bonds is 5. The summed E-state index contributed by atoms with van der Waals surface area (Å²) >= 11 is 6.25. The highest BCUT2D eigenvalue weighted by Crippen LogP contribution is 2.36. The molecule has 7 heteroatoms. The van der Waals surface area contributed by atoms with Crippen LogP contribution >= 0.6 is 24.0 Å². The van der Waals surface area contributed by atoms with E-state index >= 15 is 0 Å². The quantitative estimate of drug-likeness (QED) is 0.639. The van der Waals surface area contributed by atoms with E-state index in [0.717, 1.165) is 33.0 Å². The van der Waals surface area contributed by atoms with E-state index in [4.69, 9.17) is 22.1 Å². The van der Waals surface area contributed by atoms with Crippen LogP contribution in [0.1, 0.15) is 12.5 Å². The van der Waals surface area contributed by atoms with Gasteiger partial charge in [-0.3, -0.25) is 14.5 Å². The molecule has 1 N–H and O–H groups in total. The van der Waals surface area contributed by atoms with Crippen molar-refractivity contribution in [2.75, 3.05) is 13.2 Å². The Kier molecular flexibility index (Phi) is 5.06. The van der Waals surface area contributed by atoms with Crippen LogP contribution in [-0.4, -0.2) is 39.4 Å². The van der Waals surface area contributed by atoms with E-state index < -0.39 is 18.4 Å². The number of thioether (sulfide) groups is 1. The van der Waals surface area contributed by atoms with Gasteiger partial charge in [-0.25, -0.2) is 0 Å². The van der Waals surface area contributed by atoms with Crippen molar-refractivity contribution in [2.45, 2.75) is 6.92 Å². The molecule has 0 saturated carbocycles. The van der Waals surface area contributed by atoms with Crippen LogP contribution in [-0.2, 0) is 9.59 Å². The fraction of sp³-hybridized carbons (Fsp3) is 0.167. The maximum atomic E-state index is 12.5. The summed E-state index contributed by atoms with van der Waals surface area (Å²) in [5, 5.41) is 10.9. The lowest BCUT2D eigenvalue weighted by molar-refractivity contribution is -0.140. The van der Waals surface area contributed by atoms with Crippen molar-refractivity contribution >= 4 is 57.0 Å². The predicted octanol–water partition coefficient (Wildman–Crippen LogP) is 3.52. The Hall–Kier alpha value is -2.38. The number of benzene rings is 2. The second-order valence-electron chi connectivity index (χ2n) is 5.29. The minimum atomic E-state index is -1.10. The van der Waals surface area contributed by atoms with Gasteiger partial charge in [-0.15, -0.1) is 0 Å². The van der Waals surface area contributed by atoms with Gasteiger partial charge in [0.2, 0.25) is 0 Å². The van der Waals surface area contributed by atoms with Gasteiger partial charge < -0.3 is 9.84 Å². The highest BCUT2D eigenvalue weighted by atomic mass is 32.2. The van der Waals surface area contributed by atoms with Crippen molar-refractivity contribution < 1.29 is 19.4 Å². The largest absolute Gasteiger partial charge is 0.493 e. The molecular weight excluding hydrogens is 358 g/mol. The van der Waals surface area contributed by atoms with Gasteiger partial charge in [0, 0.05) is 5.56 Å². The molecule has 0 atom stereocenters. The smallest absolute Gasteiger partial charge is 0.323 e. The van der Waals surface area contributed by atoms with Crippen molar-refractivity contribution in [1.82, 2.24) is 4.90 Å². The molecule has 2 aromatic carbocycles. The van der Waals surface area contributed by atoms with Crippen molar-refractivity contribution in [2.24, 2.45) is 0 Å². The molecule has 0 aromatic heterocycles. The topological polar surface area (TPSA) is 66.8 Å². The second-order valence-corrected chi connectivity index (χ2v) is 6.97. The molecule has 25 heavy (non-hydrogen) atoms. The highest BCUT2D eigenvalue weighted by Gasteiger charge is 2.33. The zero-order valence-electron chi connectivity index (χ0n) is 13.4. The fourth-order valence-corrected chi connectivity index (χ4v) is 3.85. The van der Waals surface area contributed by atoms with Crippen LogP contribution in [0.2, 0.25) is 0 Å². The molecule has 1 heterocycles. The maximum Gasteiger partial charge on any atom is 0.323 e. The van der Waals surface area contributed by atoms with Crippen LogP contribution in [0.4, 0.5) is 0 Å². The number of ether oxygens (including phenoxy) is 1. The third-order valence-corrected chi connectivity index (χ3v) is 5.05. The number of carbonyl (C=O) groups is 2. The Morgan fingerprint density at radius 1 is 1.32 bits per heavy atom. The molecule has 1 amide bonds. The van der Waals surface area contributed by atoms with Crippen molar-refractivity contribution in [3.63, 3.8) is 0 Å². The highest BCUT2D eigenvalue weighted by molar-refractivity contribution is 8.26. The first-order chi connectivity index (χ1) is 12.0. The Morgan fingerprint density at radius 2 is 2.08 bits per heavy atom. The number of hydrogen-bond donors (Lipinski definition) is 1. The van der Waals surface area contributed by atoms with E-state index in [2.05, 4.69) is 0 Å². The van der Waals surface area contributed by atoms with Gasteiger partial charge in [0.25, 0.3) is 5.91 Å². The lowest BCUT2D eigenvalue weighted by Gasteiger charge is -2.12. The van der Waals surface area contributed by atoms with Crippen LogP contribution in [0.15, 0.2) is 41.3 Å². The van der Waals surface area contributed by atoms with Gasteiger partial charge in [0.15, 0.2) is 0 Å². The Morgan fingerprint density at radius 3 is 2.80 bits per heavy atom. The van der Waals surface area contributed by atoms with E-state index in [-0.39, 0.29) is 4.32 Å². The standard InChI is InChI=1S/C18H15NO4S2/c1-2-23-14-8-7-11-5-3-4-6-12(11)13(14)9-15-17(22)19(10-16(20)21)18(24)25-15/h3-9H,2,10H2,1H3,(H,20,21). The molecule has 1 fully saturated rings. The summed E-state index contributed by atoms with van der Waals surface area (Å²) in [6, 6.07) is 11.6. The SMILES string of the molecule is CCOc1ccc2ccccc2c1C=C1SC(=S)N(CC(=O)O)C1=O. The molecule has 0 bridgehead atoms. The lowest BCUT2D eigenvalue weighted by Crippen LogP contribution is -2.33. The van der Waals surface area contributed by atoms with E-state index in [0.29, 0.717) is 17.3 Å². The van der Waals surface area contributed by atoms with Gasteiger partial charge >= 0.3 is 5.97 Å². The minimum Gasteiger partial charge on any atom is -0.493 e. The lowest BCUT2D eigenvalue weighted by atomic mass is 10.0. The zero-order valence-corrected chi connectivity index (χ0v) is 15.0. The second kappa shape index (κ2) is 7.25. The Balaban J connectivity index is 2.08. The number of fused-ring (bicyclic) bond motifs is 1. The molecule has 3 rings (SSSR count). The summed E-state index contributed by atoms with van der Waals surface area (Å²) in [7, 11) is 0. The summed E-state index contributed by atoms with van der Waals surface area (Å²) in [6.45, 7) is 1.96. The van der Waals surface area contributed by atoms with Crippen molar-refractivity contribution in [3.05, 3.63) is 46.9 Å². The molecule has 0 spiro atoms. The average Bonchev–Trinajstić information content (AvgIpc) is 2.84. The molecule has 0 unspecified atom stereocenters. The molecule has 1 aliphatic heterocycles. The molecular formula is C18H15NO4S2. The maximum absolute atomic E-state index is 12.5. The number of amides is 1. The summed E-state index contributed by atoms with van der Waals surface area (Å²) in [5.41, 5.74) is 0.788. The van der Waals surface area contributed by atoms with Gasteiger partial charge in [-0.1, -0.05) is 54.3 Å². The van der Waals surface area contributed by atoms with Crippen LogP contribution < -0.4 is 4.74 Å². The van der Waals surface area contributed by atoms with Gasteiger partial charge in [-0.2, -0.15) is 0 Å². The van der Waals surface area contributed by atoms with Crippen LogP contribution in [0.3, 0.4) is 0 Å². The molecule has 128 valence electrons. The van der Waals surface area contributed by atoms with Crippen LogP contribution in [0.5, 0.6) is 5.75 Å². The van der Waals surface area contributed by atoms with E-state index in [1.165, 1.54) is 0 Å². The normalized spacial score (nSPS) is 16.0. The van der Waals surface area contributed by atoms with Crippen LogP contribution in [0, 0.1) is 0 Å². The van der Waals surface area contributed by atoms with Gasteiger partial charge in [-0.05, 0) is 29.8 Å². The molecule has 1 aliphatic rings. The molecule has 0 radical (unpaired) electrons. The van der Waals surface area contributed by atoms with Crippen molar-refractivity contribution in [1.29, 1.82) is 0 Å². The predicted molar refractivity (Wildman–Crippen MR) is 103 cm³/mol. The average molecular weight is 373 g/mol. The number of carboxylic acid groups (broad SMARTS) is 1. The summed E-state index contributed by atoms with van der Waals surface area (Å²) < 4.78 is 5.95. The Labute approximate surface area is 154 Å². The number of aliphatic carboxylic acids is 1. The molecule has 5 nitrogen and oxygen atoms in total. The van der Waals surface area contributed by atoms with E-state index in [9.17, 15) is 9.59 Å². The third-order valence-electron chi connectivity index (χ3n) is 3.67. The minimum absolute atomic E-state index is 0.247. The third kappa shape index (κ3) is 3.52. The number of thiocarbonyl (C=S) groups is 1. The first kappa shape index (κ1) is 17.4. The molecule has 0 aliphatic carbocycles. The van der Waals surface area contributed by atoms with Crippen molar-refractivity contribution in [3.8, 4) is 5.75 Å². The monoisotopic (exact) mass is 373 g/mol. The zero-order chi connectivity index (χ0) is 18.0. The summed E-state index contributed by atoms with van der Waals surface area (Å²) in [4.78, 5) is 24.9. The molecule has 1 saturated heterocycles. The Bertz CT molecular complexity index is 907. The van der Waals surface area contributed by atoms with Gasteiger partial charge in [0.05, 0.1) is 11.5 Å².